The highest BCUT2D eigenvalue weighted by atomic mass is 127. The molecule has 0 amide bonds. The number of hydrogen-bond donors (Lipinski definition) is 2. The maximum absolute atomic E-state index is 13.2. The number of hydrogen-bond acceptors (Lipinski definition) is 1. The molecule has 2 aromatic carbocycles. The van der Waals surface area contributed by atoms with Crippen molar-refractivity contribution in [3.8, 4) is 0 Å². The highest BCUT2D eigenvalue weighted by molar-refractivity contribution is 14.1. The summed E-state index contributed by atoms with van der Waals surface area (Å²) in [6, 6.07) is 8.11. The van der Waals surface area contributed by atoms with E-state index in [1.54, 1.807) is 12.1 Å². The van der Waals surface area contributed by atoms with Crippen molar-refractivity contribution in [1.29, 1.82) is 0 Å². The SMILES string of the molecule is O=c1[nH]c2cc(Br)c(C(Cl)c3ccc(F)cc3I)cc2[nH]1. The van der Waals surface area contributed by atoms with Crippen LogP contribution in [0.4, 0.5) is 4.39 Å². The van der Waals surface area contributed by atoms with E-state index >= 15 is 0 Å². The van der Waals surface area contributed by atoms with Gasteiger partial charge in [0, 0.05) is 8.04 Å². The summed E-state index contributed by atoms with van der Waals surface area (Å²) in [6.07, 6.45) is 0. The molecule has 1 heterocycles. The third kappa shape index (κ3) is 2.89. The number of benzene rings is 2. The lowest BCUT2D eigenvalue weighted by molar-refractivity contribution is 0.626. The van der Waals surface area contributed by atoms with Crippen molar-refractivity contribution in [1.82, 2.24) is 9.97 Å². The van der Waals surface area contributed by atoms with Gasteiger partial charge in [-0.1, -0.05) is 22.0 Å². The van der Waals surface area contributed by atoms with E-state index in [1.807, 2.05) is 6.07 Å². The maximum Gasteiger partial charge on any atom is 0.323 e. The molecule has 0 saturated carbocycles. The quantitative estimate of drug-likeness (QED) is 0.405. The van der Waals surface area contributed by atoms with Gasteiger partial charge in [-0.25, -0.2) is 9.18 Å². The molecule has 7 heteroatoms. The standard InChI is InChI=1S/C14H8BrClFIN2O/c15-9-5-12-11(19-14(21)20-12)4-8(9)13(16)7-2-1-6(17)3-10(7)18/h1-5,13H,(H2,19,20,21). The first-order valence-corrected chi connectivity index (χ1v) is 8.27. The van der Waals surface area contributed by atoms with Gasteiger partial charge in [0.25, 0.3) is 0 Å². The summed E-state index contributed by atoms with van der Waals surface area (Å²) in [5.41, 5.74) is 2.74. The van der Waals surface area contributed by atoms with Crippen molar-refractivity contribution in [2.24, 2.45) is 0 Å². The van der Waals surface area contributed by atoms with Crippen molar-refractivity contribution in [3.63, 3.8) is 0 Å². The van der Waals surface area contributed by atoms with Gasteiger partial charge in [0.15, 0.2) is 0 Å². The number of aromatic nitrogens is 2. The fourth-order valence-electron chi connectivity index (χ4n) is 2.14. The van der Waals surface area contributed by atoms with Crippen LogP contribution in [0.25, 0.3) is 11.0 Å². The van der Waals surface area contributed by atoms with Crippen LogP contribution in [0.3, 0.4) is 0 Å². The van der Waals surface area contributed by atoms with Crippen molar-refractivity contribution in [2.45, 2.75) is 5.38 Å². The summed E-state index contributed by atoms with van der Waals surface area (Å²) in [5.74, 6) is -0.295. The number of H-pyrrole nitrogens is 2. The molecule has 0 aliphatic carbocycles. The van der Waals surface area contributed by atoms with Crippen molar-refractivity contribution < 1.29 is 4.39 Å². The molecule has 3 rings (SSSR count). The van der Waals surface area contributed by atoms with Crippen LogP contribution in [0.5, 0.6) is 0 Å². The van der Waals surface area contributed by atoms with E-state index in [4.69, 9.17) is 11.6 Å². The monoisotopic (exact) mass is 480 g/mol. The summed E-state index contributed by atoms with van der Waals surface area (Å²) in [4.78, 5) is 16.7. The Labute approximate surface area is 146 Å². The van der Waals surface area contributed by atoms with Crippen molar-refractivity contribution >= 4 is 61.2 Å². The summed E-state index contributed by atoms with van der Waals surface area (Å²) in [7, 11) is 0. The fraction of sp³-hybridized carbons (Fsp3) is 0.0714. The van der Waals surface area contributed by atoms with Gasteiger partial charge in [-0.15, -0.1) is 11.6 Å². The Balaban J connectivity index is 2.14. The molecule has 0 fully saturated rings. The van der Waals surface area contributed by atoms with E-state index in [0.717, 1.165) is 19.2 Å². The number of halogens is 4. The molecule has 0 aliphatic heterocycles. The third-order valence-corrected chi connectivity index (χ3v) is 5.23. The highest BCUT2D eigenvalue weighted by Crippen LogP contribution is 2.37. The zero-order chi connectivity index (χ0) is 15.1. The molecule has 3 nitrogen and oxygen atoms in total. The topological polar surface area (TPSA) is 48.6 Å². The minimum atomic E-state index is -0.449. The van der Waals surface area contributed by atoms with Crippen LogP contribution in [0, 0.1) is 9.39 Å². The molecule has 108 valence electrons. The van der Waals surface area contributed by atoms with Crippen LogP contribution in [0.1, 0.15) is 16.5 Å². The normalized spacial score (nSPS) is 12.8. The first-order chi connectivity index (χ1) is 9.95. The Bertz CT molecular complexity index is 892. The largest absolute Gasteiger partial charge is 0.323 e. The number of nitrogens with one attached hydrogen (secondary N) is 2. The van der Waals surface area contributed by atoms with Crippen LogP contribution < -0.4 is 5.69 Å². The van der Waals surface area contributed by atoms with Gasteiger partial charge in [0.05, 0.1) is 16.4 Å². The minimum Gasteiger partial charge on any atom is -0.306 e. The highest BCUT2D eigenvalue weighted by Gasteiger charge is 2.18. The molecule has 0 aliphatic rings. The summed E-state index contributed by atoms with van der Waals surface area (Å²) in [5, 5.41) is -0.449. The third-order valence-electron chi connectivity index (χ3n) is 3.14. The molecule has 0 saturated heterocycles. The second-order valence-corrected chi connectivity index (χ2v) is 6.98. The van der Waals surface area contributed by atoms with Crippen molar-refractivity contribution in [3.05, 3.63) is 65.8 Å². The van der Waals surface area contributed by atoms with Gasteiger partial charge in [0.2, 0.25) is 0 Å². The smallest absolute Gasteiger partial charge is 0.306 e. The van der Waals surface area contributed by atoms with Crippen LogP contribution in [0.15, 0.2) is 39.6 Å². The molecule has 0 spiro atoms. The Morgan fingerprint density at radius 2 is 1.81 bits per heavy atom. The van der Waals surface area contributed by atoms with Gasteiger partial charge in [0.1, 0.15) is 5.82 Å². The van der Waals surface area contributed by atoms with E-state index in [0.29, 0.717) is 11.0 Å². The molecule has 2 N–H and O–H groups in total. The Hall–Kier alpha value is -0.860. The molecule has 3 aromatic rings. The number of rotatable bonds is 2. The molecule has 0 radical (unpaired) electrons. The molecule has 1 unspecified atom stereocenters. The van der Waals surface area contributed by atoms with Crippen LogP contribution >= 0.6 is 50.1 Å². The van der Waals surface area contributed by atoms with Crippen molar-refractivity contribution in [2.75, 3.05) is 0 Å². The molecule has 21 heavy (non-hydrogen) atoms. The van der Waals surface area contributed by atoms with Gasteiger partial charge in [-0.3, -0.25) is 0 Å². The zero-order valence-electron chi connectivity index (χ0n) is 10.4. The van der Waals surface area contributed by atoms with E-state index in [2.05, 4.69) is 48.5 Å². The van der Waals surface area contributed by atoms with Crippen LogP contribution in [0.2, 0.25) is 0 Å². The first kappa shape index (κ1) is 15.1. The summed E-state index contributed by atoms with van der Waals surface area (Å²) >= 11 is 12.1. The predicted molar refractivity (Wildman–Crippen MR) is 93.4 cm³/mol. The molecule has 1 atom stereocenters. The number of fused-ring (bicyclic) bond motifs is 1. The lowest BCUT2D eigenvalue weighted by Crippen LogP contribution is -1.99. The summed E-state index contributed by atoms with van der Waals surface area (Å²) in [6.45, 7) is 0. The number of imidazole rings is 1. The number of alkyl halides is 1. The van der Waals surface area contributed by atoms with Gasteiger partial charge < -0.3 is 9.97 Å². The molecule has 0 bridgehead atoms. The van der Waals surface area contributed by atoms with E-state index in [1.165, 1.54) is 12.1 Å². The number of aromatic amines is 2. The van der Waals surface area contributed by atoms with Crippen LogP contribution in [-0.2, 0) is 0 Å². The molecular weight excluding hydrogens is 473 g/mol. The second-order valence-electron chi connectivity index (χ2n) is 4.53. The first-order valence-electron chi connectivity index (χ1n) is 5.96. The van der Waals surface area contributed by atoms with E-state index < -0.39 is 5.38 Å². The Morgan fingerprint density at radius 3 is 2.48 bits per heavy atom. The van der Waals surface area contributed by atoms with Crippen LogP contribution in [-0.4, -0.2) is 9.97 Å². The van der Waals surface area contributed by atoms with E-state index in [-0.39, 0.29) is 11.5 Å². The lowest BCUT2D eigenvalue weighted by atomic mass is 10.0. The van der Waals surface area contributed by atoms with Gasteiger partial charge >= 0.3 is 5.69 Å². The lowest BCUT2D eigenvalue weighted by Gasteiger charge is -2.14. The average molecular weight is 481 g/mol. The van der Waals surface area contributed by atoms with Gasteiger partial charge in [-0.05, 0) is 58.0 Å². The maximum atomic E-state index is 13.2. The molecular formula is C14H8BrClFIN2O. The molecule has 1 aromatic heterocycles. The predicted octanol–water partition coefficient (Wildman–Crippen LogP) is 4.69. The zero-order valence-corrected chi connectivity index (χ0v) is 14.9. The van der Waals surface area contributed by atoms with E-state index in [9.17, 15) is 9.18 Å². The Morgan fingerprint density at radius 1 is 1.14 bits per heavy atom. The fourth-order valence-corrected chi connectivity index (χ4v) is 4.19. The minimum absolute atomic E-state index is 0.267. The Kier molecular flexibility index (Phi) is 4.11. The second kappa shape index (κ2) is 5.73. The van der Waals surface area contributed by atoms with Gasteiger partial charge in [-0.2, -0.15) is 0 Å². The average Bonchev–Trinajstić information content (AvgIpc) is 2.76. The summed E-state index contributed by atoms with van der Waals surface area (Å²) < 4.78 is 14.7.